The monoisotopic (exact) mass is 320 g/mol. The molecule has 0 aromatic heterocycles. The van der Waals surface area contributed by atoms with E-state index < -0.39 is 0 Å². The first-order valence-electron chi connectivity index (χ1n) is 8.49. The van der Waals surface area contributed by atoms with Crippen LogP contribution in [-0.4, -0.2) is 0 Å². The predicted molar refractivity (Wildman–Crippen MR) is 105 cm³/mol. The summed E-state index contributed by atoms with van der Waals surface area (Å²) in [5, 5.41) is 11.9. The third-order valence-electron chi connectivity index (χ3n) is 5.41. The molecule has 0 bridgehead atoms. The number of fused-ring (bicyclic) bond motifs is 5. The Morgan fingerprint density at radius 2 is 1.16 bits per heavy atom. The average molecular weight is 320 g/mol. The Labute approximate surface area is 143 Å². The number of halogens is 1. The minimum Gasteiger partial charge on any atom is -0.207 e. The third-order valence-corrected chi connectivity index (χ3v) is 5.41. The van der Waals surface area contributed by atoms with Crippen molar-refractivity contribution in [1.82, 2.24) is 0 Å². The van der Waals surface area contributed by atoms with Crippen LogP contribution in [0, 0.1) is 5.82 Å². The summed E-state index contributed by atoms with van der Waals surface area (Å²) >= 11 is 0. The first kappa shape index (κ1) is 13.1. The molecule has 1 heteroatoms. The van der Waals surface area contributed by atoms with Crippen LogP contribution in [0.4, 0.5) is 4.39 Å². The van der Waals surface area contributed by atoms with E-state index in [0.717, 1.165) is 16.2 Å². The first-order valence-corrected chi connectivity index (χ1v) is 8.49. The van der Waals surface area contributed by atoms with E-state index in [1.807, 2.05) is 6.07 Å². The lowest BCUT2D eigenvalue weighted by Crippen LogP contribution is -1.89. The van der Waals surface area contributed by atoms with Crippen LogP contribution in [0.5, 0.6) is 0 Å². The van der Waals surface area contributed by atoms with Gasteiger partial charge in [0.1, 0.15) is 5.82 Å². The fourth-order valence-corrected chi connectivity index (χ4v) is 4.40. The van der Waals surface area contributed by atoms with Crippen molar-refractivity contribution in [1.29, 1.82) is 0 Å². The van der Waals surface area contributed by atoms with Gasteiger partial charge in [-0.15, -0.1) is 0 Å². The molecule has 0 amide bonds. The van der Waals surface area contributed by atoms with Crippen molar-refractivity contribution in [3.8, 4) is 0 Å². The van der Waals surface area contributed by atoms with Gasteiger partial charge in [-0.3, -0.25) is 0 Å². The Bertz CT molecular complexity index is 1440. The van der Waals surface area contributed by atoms with Gasteiger partial charge in [-0.25, -0.2) is 4.39 Å². The summed E-state index contributed by atoms with van der Waals surface area (Å²) < 4.78 is 14.1. The molecule has 0 saturated carbocycles. The normalized spacial score (nSPS) is 12.2. The Balaban J connectivity index is 2.12. The smallest absolute Gasteiger partial charge is 0.123 e. The highest BCUT2D eigenvalue weighted by atomic mass is 19.1. The second-order valence-corrected chi connectivity index (χ2v) is 6.73. The molecule has 116 valence electrons. The first-order chi connectivity index (χ1) is 12.3. The van der Waals surface area contributed by atoms with Crippen LogP contribution in [-0.2, 0) is 0 Å². The predicted octanol–water partition coefficient (Wildman–Crippen LogP) is 7.03. The van der Waals surface area contributed by atoms with Crippen molar-refractivity contribution in [3.63, 3.8) is 0 Å². The Morgan fingerprint density at radius 3 is 2.08 bits per heavy atom. The molecule has 0 aliphatic rings. The van der Waals surface area contributed by atoms with Gasteiger partial charge in [0.05, 0.1) is 0 Å². The highest BCUT2D eigenvalue weighted by Crippen LogP contribution is 2.43. The van der Waals surface area contributed by atoms with E-state index in [4.69, 9.17) is 0 Å². The highest BCUT2D eigenvalue weighted by molar-refractivity contribution is 6.38. The lowest BCUT2D eigenvalue weighted by atomic mass is 9.87. The van der Waals surface area contributed by atoms with E-state index in [0.29, 0.717) is 0 Å². The molecule has 0 radical (unpaired) electrons. The molecule has 0 unspecified atom stereocenters. The fourth-order valence-electron chi connectivity index (χ4n) is 4.40. The van der Waals surface area contributed by atoms with Crippen molar-refractivity contribution < 1.29 is 4.39 Å². The van der Waals surface area contributed by atoms with Crippen LogP contribution in [0.15, 0.2) is 78.9 Å². The van der Waals surface area contributed by atoms with Crippen LogP contribution < -0.4 is 0 Å². The van der Waals surface area contributed by atoms with E-state index in [9.17, 15) is 4.39 Å². The Kier molecular flexibility index (Phi) is 2.34. The van der Waals surface area contributed by atoms with Gasteiger partial charge in [0.15, 0.2) is 0 Å². The number of benzene rings is 6. The minimum atomic E-state index is -0.188. The summed E-state index contributed by atoms with van der Waals surface area (Å²) in [5.74, 6) is -0.188. The van der Waals surface area contributed by atoms with E-state index in [-0.39, 0.29) is 5.82 Å². The molecule has 0 aliphatic heterocycles. The zero-order valence-corrected chi connectivity index (χ0v) is 13.4. The van der Waals surface area contributed by atoms with Crippen LogP contribution in [0.2, 0.25) is 0 Å². The molecular formula is C24H13F. The van der Waals surface area contributed by atoms with E-state index >= 15 is 0 Å². The molecule has 0 N–H and O–H groups in total. The second-order valence-electron chi connectivity index (χ2n) is 6.73. The molecule has 0 fully saturated rings. The molecule has 0 heterocycles. The molecule has 0 nitrogen and oxygen atoms in total. The van der Waals surface area contributed by atoms with Crippen molar-refractivity contribution in [2.24, 2.45) is 0 Å². The van der Waals surface area contributed by atoms with Gasteiger partial charge in [0.2, 0.25) is 0 Å². The second kappa shape index (κ2) is 4.46. The van der Waals surface area contributed by atoms with Crippen molar-refractivity contribution >= 4 is 53.9 Å². The van der Waals surface area contributed by atoms with Gasteiger partial charge < -0.3 is 0 Å². The fraction of sp³-hybridized carbons (Fsp3) is 0. The zero-order chi connectivity index (χ0) is 16.5. The van der Waals surface area contributed by atoms with E-state index in [2.05, 4.69) is 60.7 Å². The lowest BCUT2D eigenvalue weighted by molar-refractivity contribution is 0.630. The maximum atomic E-state index is 14.1. The molecule has 0 spiro atoms. The summed E-state index contributed by atoms with van der Waals surface area (Å²) in [6.45, 7) is 0. The highest BCUT2D eigenvalue weighted by Gasteiger charge is 2.15. The van der Waals surface area contributed by atoms with Crippen molar-refractivity contribution in [3.05, 3.63) is 84.7 Å². The molecular weight excluding hydrogens is 307 g/mol. The Morgan fingerprint density at radius 1 is 0.440 bits per heavy atom. The lowest BCUT2D eigenvalue weighted by Gasteiger charge is -2.16. The minimum absolute atomic E-state index is 0.188. The van der Waals surface area contributed by atoms with Crippen molar-refractivity contribution in [2.75, 3.05) is 0 Å². The van der Waals surface area contributed by atoms with Gasteiger partial charge >= 0.3 is 0 Å². The summed E-state index contributed by atoms with van der Waals surface area (Å²) in [6, 6.07) is 26.6. The molecule has 25 heavy (non-hydrogen) atoms. The van der Waals surface area contributed by atoms with Gasteiger partial charge in [-0.05, 0) is 72.1 Å². The van der Waals surface area contributed by atoms with E-state index in [1.165, 1.54) is 37.7 Å². The standard InChI is InChI=1S/C24H13F/c25-17-11-10-15-12-16-9-8-14-4-3-7-19-18-5-1-2-6-20(18)24(21(15)13-17)23(16)22(14)19/h1-13H. The van der Waals surface area contributed by atoms with Gasteiger partial charge in [-0.2, -0.15) is 0 Å². The van der Waals surface area contributed by atoms with Crippen LogP contribution >= 0.6 is 0 Å². The summed E-state index contributed by atoms with van der Waals surface area (Å²) in [5.41, 5.74) is 0. The molecule has 0 atom stereocenters. The van der Waals surface area contributed by atoms with Gasteiger partial charge in [0.25, 0.3) is 0 Å². The third kappa shape index (κ3) is 1.60. The average Bonchev–Trinajstić information content (AvgIpc) is 2.66. The van der Waals surface area contributed by atoms with Gasteiger partial charge in [-0.1, -0.05) is 60.7 Å². The molecule has 6 aromatic rings. The van der Waals surface area contributed by atoms with Crippen LogP contribution in [0.1, 0.15) is 0 Å². The maximum absolute atomic E-state index is 14.1. The quantitative estimate of drug-likeness (QED) is 0.208. The molecule has 0 aliphatic carbocycles. The summed E-state index contributed by atoms with van der Waals surface area (Å²) in [4.78, 5) is 0. The molecule has 6 aromatic carbocycles. The number of hydrogen-bond donors (Lipinski definition) is 0. The largest absolute Gasteiger partial charge is 0.207 e. The number of rotatable bonds is 0. The zero-order valence-electron chi connectivity index (χ0n) is 13.4. The SMILES string of the molecule is Fc1ccc2cc3ccc4cccc5c6ccccc6c(c2c1)c3c45. The van der Waals surface area contributed by atoms with Gasteiger partial charge in [0, 0.05) is 0 Å². The van der Waals surface area contributed by atoms with Crippen molar-refractivity contribution in [2.45, 2.75) is 0 Å². The Hall–Kier alpha value is -3.19. The molecule has 0 saturated heterocycles. The number of hydrogen-bond acceptors (Lipinski definition) is 0. The summed E-state index contributed by atoms with van der Waals surface area (Å²) in [6.07, 6.45) is 0. The van der Waals surface area contributed by atoms with Crippen LogP contribution in [0.3, 0.4) is 0 Å². The van der Waals surface area contributed by atoms with Crippen LogP contribution in [0.25, 0.3) is 53.9 Å². The molecule has 6 rings (SSSR count). The van der Waals surface area contributed by atoms with E-state index in [1.54, 1.807) is 12.1 Å². The maximum Gasteiger partial charge on any atom is 0.123 e. The summed E-state index contributed by atoms with van der Waals surface area (Å²) in [7, 11) is 0. The topological polar surface area (TPSA) is 0 Å².